The van der Waals surface area contributed by atoms with Crippen molar-refractivity contribution in [2.24, 2.45) is 5.92 Å². The molecular weight excluding hydrogens is 560 g/mol. The molecule has 0 aliphatic heterocycles. The summed E-state index contributed by atoms with van der Waals surface area (Å²) in [5.74, 6) is -1.96. The van der Waals surface area contributed by atoms with Gasteiger partial charge in [-0.3, -0.25) is 8.98 Å². The van der Waals surface area contributed by atoms with E-state index in [0.717, 1.165) is 56.1 Å². The molecule has 0 unspecified atom stereocenters. The molecule has 3 atom stereocenters. The summed E-state index contributed by atoms with van der Waals surface area (Å²) in [5.41, 5.74) is 1.96. The van der Waals surface area contributed by atoms with Gasteiger partial charge in [0.25, 0.3) is 10.1 Å². The van der Waals surface area contributed by atoms with Crippen molar-refractivity contribution in [3.8, 4) is 0 Å². The van der Waals surface area contributed by atoms with Gasteiger partial charge in [0, 0.05) is 6.42 Å². The van der Waals surface area contributed by atoms with Gasteiger partial charge >= 0.3 is 5.97 Å². The highest BCUT2D eigenvalue weighted by Crippen LogP contribution is 2.28. The Morgan fingerprint density at radius 2 is 1.28 bits per heavy atom. The lowest BCUT2D eigenvalue weighted by Gasteiger charge is -2.28. The first kappa shape index (κ1) is 37.0. The molecule has 0 fully saturated rings. The average molecular weight is 617 g/mol. The Morgan fingerprint density at radius 1 is 0.744 bits per heavy atom. The molecule has 7 heteroatoms. The number of aliphatic carboxylic acids is 1. The van der Waals surface area contributed by atoms with E-state index < -0.39 is 28.1 Å². The highest BCUT2D eigenvalue weighted by molar-refractivity contribution is 7.86. The van der Waals surface area contributed by atoms with Gasteiger partial charge in [0.2, 0.25) is 0 Å². The van der Waals surface area contributed by atoms with Crippen LogP contribution in [0.4, 0.5) is 0 Å². The van der Waals surface area contributed by atoms with Crippen LogP contribution in [0.2, 0.25) is 0 Å². The standard InChI is InChI=1S/C36H56O6S/c1-4-6-8-10-11-12-13-14-18-22-32(41-29-31-20-16-15-17-21-31)28-35(34(36(37)38)23-19-9-7-5-2)42-43(39,40)33-26-24-30(3)25-27-33/h15-17,20-21,24-27,32,34-35H,4-14,18-19,22-23,28-29H2,1-3H3,(H,37,38)/t32-,34-,35+/m0/s1. The number of hydrogen-bond donors (Lipinski definition) is 1. The number of ether oxygens (including phenoxy) is 1. The highest BCUT2D eigenvalue weighted by atomic mass is 32.2. The van der Waals surface area contributed by atoms with Crippen LogP contribution in [0, 0.1) is 12.8 Å². The van der Waals surface area contributed by atoms with E-state index in [0.29, 0.717) is 19.4 Å². The number of benzene rings is 2. The van der Waals surface area contributed by atoms with Crippen molar-refractivity contribution in [2.75, 3.05) is 0 Å². The number of unbranched alkanes of at least 4 members (excludes halogenated alkanes) is 11. The van der Waals surface area contributed by atoms with E-state index in [-0.39, 0.29) is 17.4 Å². The molecule has 0 saturated heterocycles. The fourth-order valence-corrected chi connectivity index (χ4v) is 6.57. The summed E-state index contributed by atoms with van der Waals surface area (Å²) in [5, 5.41) is 10.3. The minimum absolute atomic E-state index is 0.0407. The maximum absolute atomic E-state index is 13.4. The first-order valence-corrected chi connectivity index (χ1v) is 18.1. The van der Waals surface area contributed by atoms with Gasteiger partial charge in [-0.1, -0.05) is 145 Å². The summed E-state index contributed by atoms with van der Waals surface area (Å²) in [6, 6.07) is 16.4. The number of aryl methyl sites for hydroxylation is 1. The van der Waals surface area contributed by atoms with Crippen LogP contribution in [0.1, 0.15) is 128 Å². The molecule has 0 bridgehead atoms. The molecule has 1 N–H and O–H groups in total. The molecule has 0 spiro atoms. The van der Waals surface area contributed by atoms with E-state index in [2.05, 4.69) is 13.8 Å². The molecule has 0 amide bonds. The minimum Gasteiger partial charge on any atom is -0.481 e. The first-order chi connectivity index (χ1) is 20.8. The van der Waals surface area contributed by atoms with Crippen LogP contribution in [-0.2, 0) is 30.4 Å². The maximum atomic E-state index is 13.4. The molecule has 0 heterocycles. The predicted molar refractivity (Wildman–Crippen MR) is 175 cm³/mol. The Morgan fingerprint density at radius 3 is 1.86 bits per heavy atom. The quantitative estimate of drug-likeness (QED) is 0.0882. The van der Waals surface area contributed by atoms with E-state index >= 15 is 0 Å². The molecule has 0 aliphatic rings. The summed E-state index contributed by atoms with van der Waals surface area (Å²) in [6.07, 6.45) is 14.5. The van der Waals surface area contributed by atoms with Crippen molar-refractivity contribution in [3.63, 3.8) is 0 Å². The molecule has 2 aromatic carbocycles. The summed E-state index contributed by atoms with van der Waals surface area (Å²) >= 11 is 0. The van der Waals surface area contributed by atoms with Gasteiger partial charge in [-0.05, 0) is 37.5 Å². The second kappa shape index (κ2) is 21.5. The molecule has 242 valence electrons. The molecule has 0 radical (unpaired) electrons. The number of carbonyl (C=O) groups is 1. The van der Waals surface area contributed by atoms with Crippen LogP contribution >= 0.6 is 0 Å². The SMILES string of the molecule is CCCCCCCCCCC[C@@H](C[C@@H](OS(=O)(=O)c1ccc(C)cc1)[C@H](CCCCCC)C(=O)O)OCc1ccccc1. The van der Waals surface area contributed by atoms with Crippen molar-refractivity contribution in [1.82, 2.24) is 0 Å². The van der Waals surface area contributed by atoms with Crippen LogP contribution in [0.25, 0.3) is 0 Å². The Hall–Kier alpha value is -2.22. The normalized spacial score (nSPS) is 13.9. The summed E-state index contributed by atoms with van der Waals surface area (Å²) in [7, 11) is -4.16. The monoisotopic (exact) mass is 616 g/mol. The fraction of sp³-hybridized carbons (Fsp3) is 0.639. The molecule has 2 rings (SSSR count). The van der Waals surface area contributed by atoms with Crippen molar-refractivity contribution in [3.05, 3.63) is 65.7 Å². The van der Waals surface area contributed by atoms with Crippen molar-refractivity contribution >= 4 is 16.1 Å². The summed E-state index contributed by atoms with van der Waals surface area (Å²) in [6.45, 7) is 6.61. The number of carboxylic acid groups (broad SMARTS) is 1. The summed E-state index contributed by atoms with van der Waals surface area (Å²) < 4.78 is 39.0. The van der Waals surface area contributed by atoms with E-state index in [1.165, 1.54) is 50.7 Å². The van der Waals surface area contributed by atoms with Crippen LogP contribution in [0.3, 0.4) is 0 Å². The topological polar surface area (TPSA) is 89.9 Å². The Bertz CT molecular complexity index is 1100. The zero-order chi connectivity index (χ0) is 31.3. The lowest BCUT2D eigenvalue weighted by Crippen LogP contribution is -2.36. The largest absolute Gasteiger partial charge is 0.481 e. The van der Waals surface area contributed by atoms with Crippen LogP contribution in [0.5, 0.6) is 0 Å². The van der Waals surface area contributed by atoms with Crippen molar-refractivity contribution in [2.45, 2.75) is 147 Å². The van der Waals surface area contributed by atoms with Gasteiger partial charge in [0.1, 0.15) is 0 Å². The Balaban J connectivity index is 2.18. The van der Waals surface area contributed by atoms with E-state index in [9.17, 15) is 18.3 Å². The minimum atomic E-state index is -4.16. The Labute approximate surface area is 261 Å². The van der Waals surface area contributed by atoms with E-state index in [1.807, 2.05) is 37.3 Å². The van der Waals surface area contributed by atoms with E-state index in [1.54, 1.807) is 12.1 Å². The zero-order valence-electron chi connectivity index (χ0n) is 26.8. The molecule has 6 nitrogen and oxygen atoms in total. The third-order valence-corrected chi connectivity index (χ3v) is 9.50. The zero-order valence-corrected chi connectivity index (χ0v) is 27.7. The van der Waals surface area contributed by atoms with Crippen molar-refractivity contribution in [1.29, 1.82) is 0 Å². The maximum Gasteiger partial charge on any atom is 0.309 e. The lowest BCUT2D eigenvalue weighted by molar-refractivity contribution is -0.146. The van der Waals surface area contributed by atoms with E-state index in [4.69, 9.17) is 8.92 Å². The number of carboxylic acids is 1. The molecule has 2 aromatic rings. The molecule has 0 saturated carbocycles. The van der Waals surface area contributed by atoms with Gasteiger partial charge < -0.3 is 9.84 Å². The molecule has 43 heavy (non-hydrogen) atoms. The van der Waals surface area contributed by atoms with Gasteiger partial charge in [-0.2, -0.15) is 8.42 Å². The Kier molecular flexibility index (Phi) is 18.5. The van der Waals surface area contributed by atoms with Gasteiger partial charge in [-0.15, -0.1) is 0 Å². The predicted octanol–water partition coefficient (Wildman–Crippen LogP) is 9.64. The van der Waals surface area contributed by atoms with Crippen LogP contribution < -0.4 is 0 Å². The van der Waals surface area contributed by atoms with Gasteiger partial charge in [-0.25, -0.2) is 0 Å². The third-order valence-electron chi connectivity index (χ3n) is 8.15. The number of rotatable bonds is 25. The smallest absolute Gasteiger partial charge is 0.309 e. The van der Waals surface area contributed by atoms with Crippen molar-refractivity contribution < 1.29 is 27.2 Å². The van der Waals surface area contributed by atoms with Gasteiger partial charge in [0.15, 0.2) is 0 Å². The first-order valence-electron chi connectivity index (χ1n) is 16.6. The fourth-order valence-electron chi connectivity index (χ4n) is 5.45. The second-order valence-electron chi connectivity index (χ2n) is 12.0. The molecular formula is C36H56O6S. The molecule has 0 aliphatic carbocycles. The molecule has 0 aromatic heterocycles. The highest BCUT2D eigenvalue weighted by Gasteiger charge is 2.35. The second-order valence-corrected chi connectivity index (χ2v) is 13.5. The van der Waals surface area contributed by atoms with Crippen LogP contribution in [0.15, 0.2) is 59.5 Å². The summed E-state index contributed by atoms with van der Waals surface area (Å²) in [4.78, 5) is 12.6. The van der Waals surface area contributed by atoms with Crippen LogP contribution in [-0.4, -0.2) is 31.7 Å². The number of hydrogen-bond acceptors (Lipinski definition) is 5. The average Bonchev–Trinajstić information content (AvgIpc) is 2.99. The van der Waals surface area contributed by atoms with Gasteiger partial charge in [0.05, 0.1) is 29.6 Å². The third kappa shape index (κ3) is 15.4. The lowest BCUT2D eigenvalue weighted by atomic mass is 9.90.